The van der Waals surface area contributed by atoms with Gasteiger partial charge in [0.15, 0.2) is 0 Å². The number of anilines is 3. The number of amides is 1. The number of hydrogen-bond donors (Lipinski definition) is 5. The van der Waals surface area contributed by atoms with Gasteiger partial charge in [0.05, 0.1) is 22.9 Å². The third-order valence-electron chi connectivity index (χ3n) is 4.88. The lowest BCUT2D eigenvalue weighted by Gasteiger charge is -2.30. The van der Waals surface area contributed by atoms with Crippen molar-refractivity contribution < 1.29 is 23.1 Å². The molecule has 1 aromatic carbocycles. The molecular formula is C18H27F3N4O2. The van der Waals surface area contributed by atoms with Gasteiger partial charge in [0.2, 0.25) is 0 Å². The minimum Gasteiger partial charge on any atom is -0.397 e. The van der Waals surface area contributed by atoms with Crippen LogP contribution in [0.2, 0.25) is 0 Å². The first kappa shape index (κ1) is 21.1. The third kappa shape index (κ3) is 5.66. The number of aliphatic hydroxyl groups excluding tert-OH is 1. The lowest BCUT2D eigenvalue weighted by molar-refractivity contribution is -0.182. The van der Waals surface area contributed by atoms with E-state index in [-0.39, 0.29) is 31.4 Å². The molecule has 27 heavy (non-hydrogen) atoms. The first-order valence-electron chi connectivity index (χ1n) is 9.09. The van der Waals surface area contributed by atoms with Gasteiger partial charge >= 0.3 is 6.18 Å². The molecule has 6 nitrogen and oxygen atoms in total. The first-order valence-corrected chi connectivity index (χ1v) is 9.09. The summed E-state index contributed by atoms with van der Waals surface area (Å²) >= 11 is 0. The summed E-state index contributed by atoms with van der Waals surface area (Å²) in [7, 11) is 1.71. The van der Waals surface area contributed by atoms with Crippen molar-refractivity contribution in [2.24, 2.45) is 5.92 Å². The number of nitrogen functional groups attached to an aromatic ring is 1. The lowest BCUT2D eigenvalue weighted by atomic mass is 9.85. The van der Waals surface area contributed by atoms with Crippen LogP contribution in [-0.2, 0) is 0 Å². The van der Waals surface area contributed by atoms with E-state index in [4.69, 9.17) is 10.8 Å². The van der Waals surface area contributed by atoms with Gasteiger partial charge in [-0.2, -0.15) is 13.2 Å². The number of carbonyl (C=O) groups excluding carboxylic acids is 1. The summed E-state index contributed by atoms with van der Waals surface area (Å²) < 4.78 is 38.3. The number of nitrogens with two attached hydrogens (primary N) is 1. The van der Waals surface area contributed by atoms with E-state index in [1.165, 1.54) is 0 Å². The molecule has 0 aliphatic heterocycles. The first-order chi connectivity index (χ1) is 12.8. The largest absolute Gasteiger partial charge is 0.397 e. The normalized spacial score (nSPS) is 20.2. The second kappa shape index (κ2) is 9.16. The van der Waals surface area contributed by atoms with Crippen LogP contribution in [0.25, 0.3) is 0 Å². The summed E-state index contributed by atoms with van der Waals surface area (Å²) in [5, 5.41) is 17.8. The Hall–Kier alpha value is -2.16. The zero-order valence-corrected chi connectivity index (χ0v) is 15.3. The number of aliphatic hydroxyl groups is 1. The van der Waals surface area contributed by atoms with Crippen LogP contribution >= 0.6 is 0 Å². The van der Waals surface area contributed by atoms with Crippen LogP contribution in [0.1, 0.15) is 42.5 Å². The van der Waals surface area contributed by atoms with E-state index in [0.29, 0.717) is 48.4 Å². The molecule has 0 aromatic heterocycles. The summed E-state index contributed by atoms with van der Waals surface area (Å²) in [5.41, 5.74) is 7.91. The number of halogens is 3. The molecule has 1 amide bonds. The molecule has 0 heterocycles. The lowest BCUT2D eigenvalue weighted by Crippen LogP contribution is -2.40. The predicted molar refractivity (Wildman–Crippen MR) is 99.9 cm³/mol. The molecule has 9 heteroatoms. The highest BCUT2D eigenvalue weighted by Crippen LogP contribution is 2.37. The zero-order chi connectivity index (χ0) is 20.0. The summed E-state index contributed by atoms with van der Waals surface area (Å²) in [6.45, 7) is 0.491. The van der Waals surface area contributed by atoms with Crippen molar-refractivity contribution in [2.45, 2.75) is 44.3 Å². The molecule has 0 saturated heterocycles. The molecule has 152 valence electrons. The molecule has 1 aliphatic rings. The van der Waals surface area contributed by atoms with Crippen LogP contribution in [0.5, 0.6) is 0 Å². The molecule has 0 spiro atoms. The topological polar surface area (TPSA) is 99.4 Å². The summed E-state index contributed by atoms with van der Waals surface area (Å²) in [6, 6.07) is 2.97. The van der Waals surface area contributed by atoms with Gasteiger partial charge in [0.1, 0.15) is 0 Å². The minimum atomic E-state index is -4.17. The van der Waals surface area contributed by atoms with Crippen molar-refractivity contribution in [3.63, 3.8) is 0 Å². The quantitative estimate of drug-likeness (QED) is 0.365. The Morgan fingerprint density at radius 3 is 2.44 bits per heavy atom. The molecule has 0 bridgehead atoms. The number of alkyl halides is 3. The zero-order valence-electron chi connectivity index (χ0n) is 15.3. The van der Waals surface area contributed by atoms with Crippen molar-refractivity contribution >= 4 is 23.0 Å². The van der Waals surface area contributed by atoms with Crippen molar-refractivity contribution in [2.75, 3.05) is 36.6 Å². The molecule has 0 radical (unpaired) electrons. The van der Waals surface area contributed by atoms with Gasteiger partial charge in [0, 0.05) is 31.9 Å². The Bertz CT molecular complexity index is 644. The Balaban J connectivity index is 2.07. The molecule has 1 aromatic rings. The Morgan fingerprint density at radius 1 is 1.22 bits per heavy atom. The number of rotatable bonds is 7. The molecule has 0 atom stereocenters. The fourth-order valence-electron chi connectivity index (χ4n) is 3.30. The summed E-state index contributed by atoms with van der Waals surface area (Å²) in [4.78, 5) is 12.7. The van der Waals surface area contributed by atoms with Crippen LogP contribution in [0.3, 0.4) is 0 Å². The highest BCUT2D eigenvalue weighted by atomic mass is 19.4. The fraction of sp³-hybridized carbons (Fsp3) is 0.611. The fourth-order valence-corrected chi connectivity index (χ4v) is 3.30. The number of nitrogens with one attached hydrogen (secondary N) is 3. The molecule has 6 N–H and O–H groups in total. The highest BCUT2D eigenvalue weighted by Gasteiger charge is 2.41. The van der Waals surface area contributed by atoms with Crippen molar-refractivity contribution in [1.82, 2.24) is 5.32 Å². The Kier molecular flexibility index (Phi) is 7.18. The molecule has 1 fully saturated rings. The summed E-state index contributed by atoms with van der Waals surface area (Å²) in [6.07, 6.45) is -3.01. The van der Waals surface area contributed by atoms with Crippen LogP contribution < -0.4 is 21.7 Å². The maximum Gasteiger partial charge on any atom is 0.391 e. The molecular weight excluding hydrogens is 361 g/mol. The van der Waals surface area contributed by atoms with E-state index >= 15 is 0 Å². The Morgan fingerprint density at radius 2 is 1.89 bits per heavy atom. The van der Waals surface area contributed by atoms with Crippen LogP contribution in [0.15, 0.2) is 12.1 Å². The molecule has 0 unspecified atom stereocenters. The number of hydrogen-bond acceptors (Lipinski definition) is 5. The van der Waals surface area contributed by atoms with Crippen molar-refractivity contribution in [3.8, 4) is 0 Å². The number of carbonyl (C=O) groups is 1. The molecule has 1 aliphatic carbocycles. The maximum atomic E-state index is 12.8. The highest BCUT2D eigenvalue weighted by molar-refractivity contribution is 6.02. The van der Waals surface area contributed by atoms with Gasteiger partial charge in [-0.1, -0.05) is 0 Å². The van der Waals surface area contributed by atoms with Gasteiger partial charge in [-0.05, 0) is 44.2 Å². The van der Waals surface area contributed by atoms with Crippen LogP contribution in [0, 0.1) is 5.92 Å². The van der Waals surface area contributed by atoms with Crippen LogP contribution in [0.4, 0.5) is 30.2 Å². The third-order valence-corrected chi connectivity index (χ3v) is 4.88. The van der Waals surface area contributed by atoms with Gasteiger partial charge in [0.25, 0.3) is 5.91 Å². The van der Waals surface area contributed by atoms with Gasteiger partial charge < -0.3 is 26.8 Å². The van der Waals surface area contributed by atoms with E-state index < -0.39 is 12.1 Å². The Labute approximate surface area is 156 Å². The standard InChI is InChI=1S/C18H27F3N4O2/c1-23-16-10-15(24-7-2-8-26)13(9-14(16)22)17(27)25-12-5-3-11(4-6-12)18(19,20)21/h9-12,23-24,26H,2-8,22H2,1H3,(H,25,27). The van der Waals surface area contributed by atoms with Crippen LogP contribution in [-0.4, -0.2) is 43.4 Å². The van der Waals surface area contributed by atoms with Gasteiger partial charge in [-0.15, -0.1) is 0 Å². The molecule has 2 rings (SSSR count). The number of benzene rings is 1. The van der Waals surface area contributed by atoms with E-state index in [1.807, 2.05) is 0 Å². The maximum absolute atomic E-state index is 12.8. The predicted octanol–water partition coefficient (Wildman–Crippen LogP) is 2.96. The average molecular weight is 388 g/mol. The second-order valence-electron chi connectivity index (χ2n) is 6.80. The second-order valence-corrected chi connectivity index (χ2v) is 6.80. The van der Waals surface area contributed by atoms with E-state index in [1.54, 1.807) is 19.2 Å². The van der Waals surface area contributed by atoms with E-state index in [2.05, 4.69) is 16.0 Å². The van der Waals surface area contributed by atoms with Crippen molar-refractivity contribution in [1.29, 1.82) is 0 Å². The van der Waals surface area contributed by atoms with Gasteiger partial charge in [-0.3, -0.25) is 4.79 Å². The van der Waals surface area contributed by atoms with E-state index in [0.717, 1.165) is 0 Å². The average Bonchev–Trinajstić information content (AvgIpc) is 2.62. The van der Waals surface area contributed by atoms with E-state index in [9.17, 15) is 18.0 Å². The van der Waals surface area contributed by atoms with Crippen molar-refractivity contribution in [3.05, 3.63) is 17.7 Å². The molecule has 1 saturated carbocycles. The summed E-state index contributed by atoms with van der Waals surface area (Å²) in [5.74, 6) is -1.65. The monoisotopic (exact) mass is 388 g/mol. The van der Waals surface area contributed by atoms with Gasteiger partial charge in [-0.25, -0.2) is 0 Å². The minimum absolute atomic E-state index is 0.0187. The smallest absolute Gasteiger partial charge is 0.391 e. The SMILES string of the molecule is CNc1cc(NCCCO)c(C(=O)NC2CCC(C(F)(F)F)CC2)cc1N.